The second kappa shape index (κ2) is 46.9. The van der Waals surface area contributed by atoms with E-state index in [4.69, 9.17) is 14.2 Å². The van der Waals surface area contributed by atoms with Crippen LogP contribution in [0.25, 0.3) is 0 Å². The summed E-state index contributed by atoms with van der Waals surface area (Å²) in [6.07, 6.45) is 48.0. The van der Waals surface area contributed by atoms with Gasteiger partial charge in [0, 0.05) is 19.3 Å². The van der Waals surface area contributed by atoms with Crippen LogP contribution in [0.4, 0.5) is 0 Å². The minimum absolute atomic E-state index is 0.0634. The summed E-state index contributed by atoms with van der Waals surface area (Å²) in [6, 6.07) is 0. The van der Waals surface area contributed by atoms with Crippen molar-refractivity contribution in [1.82, 2.24) is 0 Å². The van der Waals surface area contributed by atoms with E-state index in [1.54, 1.807) is 0 Å². The van der Waals surface area contributed by atoms with E-state index >= 15 is 0 Å². The van der Waals surface area contributed by atoms with Crippen LogP contribution in [-0.4, -0.2) is 37.2 Å². The van der Waals surface area contributed by atoms with Gasteiger partial charge in [0.2, 0.25) is 0 Å². The Kier molecular flexibility index (Phi) is 45.7. The minimum atomic E-state index is -0.761. The van der Waals surface area contributed by atoms with Gasteiger partial charge in [-0.05, 0) is 31.1 Å². The zero-order chi connectivity index (χ0) is 44.0. The summed E-state index contributed by atoms with van der Waals surface area (Å²) in [7, 11) is 0. The Balaban J connectivity index is 4.31. The molecular formula is C54H104O6. The van der Waals surface area contributed by atoms with Crippen molar-refractivity contribution >= 4 is 17.9 Å². The van der Waals surface area contributed by atoms with Gasteiger partial charge in [0.15, 0.2) is 6.10 Å². The van der Waals surface area contributed by atoms with E-state index in [1.165, 1.54) is 186 Å². The lowest BCUT2D eigenvalue weighted by atomic mass is 10.0. The van der Waals surface area contributed by atoms with Gasteiger partial charge in [-0.15, -0.1) is 0 Å². The van der Waals surface area contributed by atoms with Gasteiger partial charge in [-0.25, -0.2) is 0 Å². The van der Waals surface area contributed by atoms with Crippen LogP contribution in [0.15, 0.2) is 0 Å². The van der Waals surface area contributed by atoms with Crippen LogP contribution >= 0.6 is 0 Å². The maximum atomic E-state index is 12.8. The summed E-state index contributed by atoms with van der Waals surface area (Å²) in [5.74, 6) is 0.816. The van der Waals surface area contributed by atoms with E-state index < -0.39 is 6.10 Å². The highest BCUT2D eigenvalue weighted by Crippen LogP contribution is 2.17. The first-order valence-electron chi connectivity index (χ1n) is 26.7. The Morgan fingerprint density at radius 3 is 0.817 bits per heavy atom. The van der Waals surface area contributed by atoms with Crippen LogP contribution in [0, 0.1) is 11.8 Å². The number of carbonyl (C=O) groups excluding carboxylic acids is 3. The third kappa shape index (κ3) is 47.5. The molecule has 6 heteroatoms. The number of hydrogen-bond acceptors (Lipinski definition) is 6. The van der Waals surface area contributed by atoms with Crippen molar-refractivity contribution < 1.29 is 28.6 Å². The van der Waals surface area contributed by atoms with E-state index in [0.29, 0.717) is 19.3 Å². The SMILES string of the molecule is CCCCCCCCCCCCCCCC(=O)O[C@H](COC(=O)CCCCCCCCCCCCCCC(C)C)COC(=O)CCCCCCCCCCCCCC(C)C. The molecule has 0 saturated carbocycles. The summed E-state index contributed by atoms with van der Waals surface area (Å²) < 4.78 is 16.8. The normalized spacial score (nSPS) is 12.1. The fraction of sp³-hybridized carbons (Fsp3) is 0.944. The van der Waals surface area contributed by atoms with Crippen LogP contribution in [0.5, 0.6) is 0 Å². The Bertz CT molecular complexity index is 916. The molecule has 6 nitrogen and oxygen atoms in total. The number of rotatable bonds is 48. The number of hydrogen-bond donors (Lipinski definition) is 0. The average molecular weight is 849 g/mol. The molecule has 0 unspecified atom stereocenters. The van der Waals surface area contributed by atoms with Crippen molar-refractivity contribution in [1.29, 1.82) is 0 Å². The summed E-state index contributed by atoms with van der Waals surface area (Å²) in [6.45, 7) is 11.4. The zero-order valence-corrected chi connectivity index (χ0v) is 41.1. The fourth-order valence-corrected chi connectivity index (χ4v) is 8.17. The van der Waals surface area contributed by atoms with Crippen LogP contribution in [-0.2, 0) is 28.6 Å². The maximum Gasteiger partial charge on any atom is 0.306 e. The molecule has 0 aliphatic carbocycles. The first kappa shape index (κ1) is 58.4. The van der Waals surface area contributed by atoms with Crippen molar-refractivity contribution in [2.24, 2.45) is 11.8 Å². The maximum absolute atomic E-state index is 12.8. The second-order valence-electron chi connectivity index (χ2n) is 19.5. The number of carbonyl (C=O) groups is 3. The largest absolute Gasteiger partial charge is 0.462 e. The summed E-state index contributed by atoms with van der Waals surface area (Å²) in [5.41, 5.74) is 0. The topological polar surface area (TPSA) is 78.9 Å². The number of ether oxygens (including phenoxy) is 3. The van der Waals surface area contributed by atoms with Gasteiger partial charge in [-0.2, -0.15) is 0 Å². The van der Waals surface area contributed by atoms with Crippen molar-refractivity contribution in [2.75, 3.05) is 13.2 Å². The van der Waals surface area contributed by atoms with Crippen LogP contribution in [0.3, 0.4) is 0 Å². The van der Waals surface area contributed by atoms with E-state index in [0.717, 1.165) is 69.6 Å². The predicted octanol–water partition coefficient (Wildman–Crippen LogP) is 17.3. The van der Waals surface area contributed by atoms with Gasteiger partial charge in [-0.3, -0.25) is 14.4 Å². The molecule has 356 valence electrons. The predicted molar refractivity (Wildman–Crippen MR) is 256 cm³/mol. The van der Waals surface area contributed by atoms with Gasteiger partial charge >= 0.3 is 17.9 Å². The molecule has 0 aromatic carbocycles. The molecule has 1 atom stereocenters. The van der Waals surface area contributed by atoms with Gasteiger partial charge in [0.25, 0.3) is 0 Å². The Morgan fingerprint density at radius 2 is 0.550 bits per heavy atom. The highest BCUT2D eigenvalue weighted by molar-refractivity contribution is 5.71. The lowest BCUT2D eigenvalue weighted by Gasteiger charge is -2.18. The highest BCUT2D eigenvalue weighted by Gasteiger charge is 2.19. The zero-order valence-electron chi connectivity index (χ0n) is 41.1. The minimum Gasteiger partial charge on any atom is -0.462 e. The molecule has 0 aliphatic heterocycles. The molecule has 0 rings (SSSR count). The van der Waals surface area contributed by atoms with E-state index in [-0.39, 0.29) is 31.1 Å². The monoisotopic (exact) mass is 849 g/mol. The van der Waals surface area contributed by atoms with Gasteiger partial charge in [0.05, 0.1) is 0 Å². The van der Waals surface area contributed by atoms with Gasteiger partial charge < -0.3 is 14.2 Å². The van der Waals surface area contributed by atoms with Crippen LogP contribution in [0.2, 0.25) is 0 Å². The molecule has 0 N–H and O–H groups in total. The molecule has 0 heterocycles. The van der Waals surface area contributed by atoms with Gasteiger partial charge in [0.1, 0.15) is 13.2 Å². The number of unbranched alkanes of at least 4 members (excludes halogenated alkanes) is 33. The molecule has 0 aromatic heterocycles. The van der Waals surface area contributed by atoms with E-state index in [1.807, 2.05) is 0 Å². The Morgan fingerprint density at radius 1 is 0.317 bits per heavy atom. The number of esters is 3. The lowest BCUT2D eigenvalue weighted by Crippen LogP contribution is -2.30. The van der Waals surface area contributed by atoms with Crippen molar-refractivity contribution in [3.8, 4) is 0 Å². The molecule has 0 fully saturated rings. The molecule has 0 saturated heterocycles. The van der Waals surface area contributed by atoms with E-state index in [2.05, 4.69) is 34.6 Å². The first-order chi connectivity index (χ1) is 29.2. The molecule has 60 heavy (non-hydrogen) atoms. The quantitative estimate of drug-likeness (QED) is 0.0345. The molecular weight excluding hydrogens is 745 g/mol. The summed E-state index contributed by atoms with van der Waals surface area (Å²) in [5, 5.41) is 0. The van der Waals surface area contributed by atoms with Crippen LogP contribution < -0.4 is 0 Å². The Labute approximate surface area is 374 Å². The third-order valence-corrected chi connectivity index (χ3v) is 12.2. The van der Waals surface area contributed by atoms with Crippen LogP contribution in [0.1, 0.15) is 298 Å². The average Bonchev–Trinajstić information content (AvgIpc) is 3.22. The lowest BCUT2D eigenvalue weighted by molar-refractivity contribution is -0.167. The smallest absolute Gasteiger partial charge is 0.306 e. The van der Waals surface area contributed by atoms with Crippen molar-refractivity contribution in [2.45, 2.75) is 304 Å². The molecule has 0 aromatic rings. The summed E-state index contributed by atoms with van der Waals surface area (Å²) >= 11 is 0. The molecule has 0 bridgehead atoms. The molecule has 0 amide bonds. The third-order valence-electron chi connectivity index (χ3n) is 12.2. The molecule has 0 radical (unpaired) electrons. The van der Waals surface area contributed by atoms with Crippen molar-refractivity contribution in [3.63, 3.8) is 0 Å². The first-order valence-corrected chi connectivity index (χ1v) is 26.7. The molecule has 0 spiro atoms. The van der Waals surface area contributed by atoms with Crippen molar-refractivity contribution in [3.05, 3.63) is 0 Å². The second-order valence-corrected chi connectivity index (χ2v) is 19.5. The van der Waals surface area contributed by atoms with E-state index in [9.17, 15) is 14.4 Å². The standard InChI is InChI=1S/C54H104O6/c1-6-7-8-9-10-11-12-13-20-26-31-36-41-46-54(57)60-51(48-59-53(56)45-40-35-30-25-21-16-18-23-28-33-38-43-50(4)5)47-58-52(55)44-39-34-29-24-19-15-14-17-22-27-32-37-42-49(2)3/h49-51H,6-48H2,1-5H3/t51-/m1/s1. The fourth-order valence-electron chi connectivity index (χ4n) is 8.17. The molecule has 0 aliphatic rings. The summed E-state index contributed by atoms with van der Waals surface area (Å²) in [4.78, 5) is 38.0. The Hall–Kier alpha value is -1.59. The highest BCUT2D eigenvalue weighted by atomic mass is 16.6. The van der Waals surface area contributed by atoms with Gasteiger partial charge in [-0.1, -0.05) is 259 Å².